The van der Waals surface area contributed by atoms with E-state index < -0.39 is 9.84 Å². The molecule has 14 nitrogen and oxygen atoms in total. The van der Waals surface area contributed by atoms with Crippen LogP contribution in [0.15, 0.2) is 175 Å². The maximum atomic E-state index is 11.1. The minimum atomic E-state index is -3.43. The molecular weight excluding hydrogens is 828 g/mol. The van der Waals surface area contributed by atoms with Crippen molar-refractivity contribution in [2.45, 2.75) is 36.5 Å². The number of aromatic nitrogens is 6. The maximum Gasteiger partial charge on any atom is 1.00 e. The van der Waals surface area contributed by atoms with Gasteiger partial charge >= 0.3 is 40.9 Å². The molecule has 61 heavy (non-hydrogen) atoms. The molecule has 0 bridgehead atoms. The van der Waals surface area contributed by atoms with Gasteiger partial charge in [0, 0.05) is 36.2 Å². The quantitative estimate of drug-likeness (QED) is 0.135. The summed E-state index contributed by atoms with van der Waals surface area (Å²) in [5, 5.41) is 33.1. The fourth-order valence-electron chi connectivity index (χ4n) is 4.82. The van der Waals surface area contributed by atoms with Crippen molar-refractivity contribution < 1.29 is 65.8 Å². The van der Waals surface area contributed by atoms with Gasteiger partial charge in [-0.15, -0.1) is 27.0 Å². The van der Waals surface area contributed by atoms with Gasteiger partial charge in [-0.25, -0.2) is 8.42 Å². The molecule has 17 heteroatoms. The number of ether oxygens (including phenoxy) is 2. The van der Waals surface area contributed by atoms with E-state index in [1.54, 1.807) is 24.3 Å². The van der Waals surface area contributed by atoms with Crippen LogP contribution in [0.3, 0.4) is 0 Å². The second kappa shape index (κ2) is 26.7. The largest absolute Gasteiger partial charge is 1.00 e. The fraction of sp³-hybridized carbons (Fsp3) is 0.182. The number of hydrogen-bond acceptors (Lipinski definition) is 15. The normalized spacial score (nSPS) is 11.4. The molecule has 1 saturated heterocycles. The average molecular weight is 871 g/mol. The van der Waals surface area contributed by atoms with Crippen LogP contribution in [-0.4, -0.2) is 64.7 Å². The molecule has 0 amide bonds. The number of sulfone groups is 1. The minimum Gasteiger partial charge on any atom is -0.851 e. The zero-order chi connectivity index (χ0) is 42.3. The summed E-state index contributed by atoms with van der Waals surface area (Å²) in [6.45, 7) is 2.30. The predicted octanol–water partition coefficient (Wildman–Crippen LogP) is 5.26. The molecule has 0 N–H and O–H groups in total. The Morgan fingerprint density at radius 1 is 0.574 bits per heavy atom. The van der Waals surface area contributed by atoms with Gasteiger partial charge in [-0.2, -0.15) is 0 Å². The molecule has 1 fully saturated rings. The number of hydrogen-bond donors (Lipinski definition) is 0. The van der Waals surface area contributed by atoms with Gasteiger partial charge in [0.25, 0.3) is 11.1 Å². The van der Waals surface area contributed by atoms with Gasteiger partial charge in [-0.05, 0) is 61.1 Å². The van der Waals surface area contributed by atoms with Gasteiger partial charge in [0.1, 0.15) is 6.61 Å². The summed E-state index contributed by atoms with van der Waals surface area (Å²) in [5.74, 6) is 1.24. The number of rotatable bonds is 9. The summed E-state index contributed by atoms with van der Waals surface area (Å²) < 4.78 is 48.4. The molecule has 3 aromatic heterocycles. The van der Waals surface area contributed by atoms with Crippen LogP contribution in [0.5, 0.6) is 6.08 Å². The molecule has 9 rings (SSSR count). The third-order valence-corrected chi connectivity index (χ3v) is 9.13. The van der Waals surface area contributed by atoms with Crippen LogP contribution in [0.4, 0.5) is 0 Å². The van der Waals surface area contributed by atoms with Crippen molar-refractivity contribution in [1.29, 1.82) is 0 Å². The smallest absolute Gasteiger partial charge is 0.851 e. The van der Waals surface area contributed by atoms with Gasteiger partial charge in [0.15, 0.2) is 0 Å². The summed E-state index contributed by atoms with van der Waals surface area (Å²) in [6.07, 6.45) is 5.67. The summed E-state index contributed by atoms with van der Waals surface area (Å²) in [7, 11) is -3.43. The Morgan fingerprint density at radius 2 is 1.00 bits per heavy atom. The first-order chi connectivity index (χ1) is 29.3. The van der Waals surface area contributed by atoms with E-state index in [4.69, 9.17) is 22.7 Å². The van der Waals surface area contributed by atoms with Crippen LogP contribution in [0.1, 0.15) is 24.0 Å². The molecular formula is C44H43N6NaO8S2. The second-order valence-corrected chi connectivity index (χ2v) is 15.1. The number of benzene rings is 5. The van der Waals surface area contributed by atoms with Crippen molar-refractivity contribution in [2.24, 2.45) is 0 Å². The predicted molar refractivity (Wildman–Crippen MR) is 225 cm³/mol. The standard InChI is InChI=1S/C15H12N2O2.C9H8N2O3S.C9H8N2OS.C7H7O.C4H8O.Na/c1-3-7-12(8-4-1)11-18-15-17-16-14(19-15)13-9-5-2-6-10-13;1-15(12,13)9-11-10-8(14-9)7-5-3-2-4-6-7;1-13-9-11-10-8(12-9)7-5-3-2-4-6-7;8-6-7-4-2-1-3-5-7;1-2-4-5-3-1;/h1-10H,11H2;2-6H,1H3;2-6H,1H3;1-5H,6H2;1-4H2;/q;;;-1;;+1. The Labute approximate surface area is 381 Å². The molecule has 1 aliphatic heterocycles. The van der Waals surface area contributed by atoms with Crippen molar-refractivity contribution in [3.63, 3.8) is 0 Å². The van der Waals surface area contributed by atoms with E-state index in [1.165, 1.54) is 24.6 Å². The molecule has 0 unspecified atom stereocenters. The number of thioether (sulfide) groups is 1. The van der Waals surface area contributed by atoms with E-state index in [0.717, 1.165) is 41.7 Å². The van der Waals surface area contributed by atoms with Gasteiger partial charge in [0.2, 0.25) is 21.6 Å². The first-order valence-electron chi connectivity index (χ1n) is 18.6. The first kappa shape index (κ1) is 48.2. The molecule has 5 aromatic carbocycles. The Bertz CT molecular complexity index is 2470. The molecule has 310 valence electrons. The monoisotopic (exact) mass is 870 g/mol. The van der Waals surface area contributed by atoms with Crippen molar-refractivity contribution in [2.75, 3.05) is 25.7 Å². The summed E-state index contributed by atoms with van der Waals surface area (Å²) in [4.78, 5) is 0. The molecule has 4 heterocycles. The third-order valence-electron chi connectivity index (χ3n) is 7.82. The van der Waals surface area contributed by atoms with E-state index in [0.29, 0.717) is 29.2 Å². The Morgan fingerprint density at radius 3 is 1.39 bits per heavy atom. The van der Waals surface area contributed by atoms with Gasteiger partial charge in [-0.3, -0.25) is 0 Å². The fourth-order valence-corrected chi connectivity index (χ4v) is 5.52. The molecule has 1 aliphatic rings. The van der Waals surface area contributed by atoms with Crippen LogP contribution >= 0.6 is 11.8 Å². The van der Waals surface area contributed by atoms with E-state index in [2.05, 4.69) is 30.6 Å². The SMILES string of the molecule is C1CCOC1.CS(=O)(=O)c1nnc(-c2ccccc2)o1.CSc1nnc(-c2ccccc2)o1.[Na+].[O-]Cc1ccccc1.c1ccc(COc2nnc(-c3ccccc3)o2)cc1. The van der Waals surface area contributed by atoms with Gasteiger partial charge in [-0.1, -0.05) is 143 Å². The van der Waals surface area contributed by atoms with E-state index in [-0.39, 0.29) is 53.4 Å². The Kier molecular flexibility index (Phi) is 21.1. The van der Waals surface area contributed by atoms with Crippen molar-refractivity contribution in [3.05, 3.63) is 163 Å². The Balaban J connectivity index is 0.000000177. The third kappa shape index (κ3) is 17.2. The zero-order valence-corrected chi connectivity index (χ0v) is 37.6. The molecule has 8 aromatic rings. The van der Waals surface area contributed by atoms with Crippen LogP contribution in [0.25, 0.3) is 34.4 Å². The van der Waals surface area contributed by atoms with E-state index in [1.807, 2.05) is 134 Å². The van der Waals surface area contributed by atoms with Crippen LogP contribution < -0.4 is 39.4 Å². The Hall–Kier alpha value is -5.46. The van der Waals surface area contributed by atoms with Crippen LogP contribution in [0, 0.1) is 0 Å². The van der Waals surface area contributed by atoms with Gasteiger partial charge < -0.3 is 27.8 Å². The van der Waals surface area contributed by atoms with Crippen LogP contribution in [-0.2, 0) is 27.8 Å². The van der Waals surface area contributed by atoms with E-state index in [9.17, 15) is 13.5 Å². The zero-order valence-electron chi connectivity index (χ0n) is 33.9. The summed E-state index contributed by atoms with van der Waals surface area (Å²) >= 11 is 1.44. The summed E-state index contributed by atoms with van der Waals surface area (Å²) in [6, 6.07) is 47.4. The van der Waals surface area contributed by atoms with Crippen molar-refractivity contribution in [1.82, 2.24) is 30.6 Å². The number of nitrogens with zero attached hydrogens (tertiary/aromatic N) is 6. The van der Waals surface area contributed by atoms with E-state index >= 15 is 0 Å². The van der Waals surface area contributed by atoms with Crippen molar-refractivity contribution >= 4 is 21.6 Å². The minimum absolute atomic E-state index is 0. The second-order valence-electron chi connectivity index (χ2n) is 12.4. The summed E-state index contributed by atoms with van der Waals surface area (Å²) in [5.41, 5.74) is 4.44. The molecule has 0 atom stereocenters. The van der Waals surface area contributed by atoms with Crippen LogP contribution in [0.2, 0.25) is 0 Å². The maximum absolute atomic E-state index is 11.1. The van der Waals surface area contributed by atoms with Crippen molar-refractivity contribution in [3.8, 4) is 40.4 Å². The molecule has 0 aliphatic carbocycles. The topological polar surface area (TPSA) is 192 Å². The first-order valence-corrected chi connectivity index (χ1v) is 21.7. The molecule has 0 saturated carbocycles. The van der Waals surface area contributed by atoms with Gasteiger partial charge in [0.05, 0.1) is 0 Å². The molecule has 0 radical (unpaired) electrons. The molecule has 0 spiro atoms. The average Bonchev–Trinajstić information content (AvgIpc) is 4.17.